The molecule has 0 saturated heterocycles. The number of aliphatic hydroxyl groups is 1. The fourth-order valence-electron chi connectivity index (χ4n) is 2.89. The van der Waals surface area contributed by atoms with Crippen molar-refractivity contribution in [2.45, 2.75) is 57.6 Å². The lowest BCUT2D eigenvalue weighted by atomic mass is 9.91. The molecule has 3 N–H and O–H groups in total. The van der Waals surface area contributed by atoms with E-state index < -0.39 is 6.10 Å². The van der Waals surface area contributed by atoms with Crippen molar-refractivity contribution in [1.29, 1.82) is 0 Å². The Kier molecular flexibility index (Phi) is 4.83. The quantitative estimate of drug-likeness (QED) is 0.894. The Hall–Kier alpha value is -1.62. The van der Waals surface area contributed by atoms with Crippen LogP contribution < -0.4 is 5.73 Å². The van der Waals surface area contributed by atoms with E-state index in [2.05, 4.69) is 4.98 Å². The van der Waals surface area contributed by atoms with E-state index in [1.165, 1.54) is 0 Å². The number of aromatic nitrogens is 1. The normalized spacial score (nSPS) is 22.3. The van der Waals surface area contributed by atoms with E-state index in [1.54, 1.807) is 24.1 Å². The lowest BCUT2D eigenvalue weighted by molar-refractivity contribution is 0.0268. The van der Waals surface area contributed by atoms with Gasteiger partial charge in [-0.3, -0.25) is 4.79 Å². The molecule has 1 saturated carbocycles. The van der Waals surface area contributed by atoms with Gasteiger partial charge < -0.3 is 15.7 Å². The number of nitrogens with zero attached hydrogens (tertiary/aromatic N) is 2. The van der Waals surface area contributed by atoms with Gasteiger partial charge in [-0.05, 0) is 30.9 Å². The molecule has 0 aromatic carbocycles. The predicted molar refractivity (Wildman–Crippen MR) is 83.1 cm³/mol. The molecule has 2 atom stereocenters. The van der Waals surface area contributed by atoms with Crippen LogP contribution in [0.5, 0.6) is 0 Å². The molecule has 0 bridgehead atoms. The Bertz CT molecular complexity index is 516. The van der Waals surface area contributed by atoms with Gasteiger partial charge in [0, 0.05) is 18.3 Å². The van der Waals surface area contributed by atoms with Crippen molar-refractivity contribution >= 4 is 11.7 Å². The van der Waals surface area contributed by atoms with Crippen LogP contribution in [0.25, 0.3) is 0 Å². The lowest BCUT2D eigenvalue weighted by Gasteiger charge is -2.35. The molecule has 116 valence electrons. The number of aliphatic hydroxyl groups excluding tert-OH is 1. The topological polar surface area (TPSA) is 79.5 Å². The minimum Gasteiger partial charge on any atom is -0.391 e. The Morgan fingerprint density at radius 2 is 2.05 bits per heavy atom. The summed E-state index contributed by atoms with van der Waals surface area (Å²) in [5, 5.41) is 10.1. The largest absolute Gasteiger partial charge is 0.391 e. The summed E-state index contributed by atoms with van der Waals surface area (Å²) in [5.41, 5.74) is 7.17. The van der Waals surface area contributed by atoms with Crippen molar-refractivity contribution < 1.29 is 9.90 Å². The van der Waals surface area contributed by atoms with Crippen LogP contribution in [0.3, 0.4) is 0 Å². The average Bonchev–Trinajstić information content (AvgIpc) is 2.45. The zero-order valence-electron chi connectivity index (χ0n) is 13.0. The number of nitrogens with two attached hydrogens (primary N) is 1. The summed E-state index contributed by atoms with van der Waals surface area (Å²) in [5.74, 6) is 0.477. The standard InChI is InChI=1S/C16H25N3O2/c1-10(2)12-8-11(9-15(17)18-12)16(21)19(3)13-6-4-5-7-14(13)20/h8-10,13-14,20H,4-7H2,1-3H3,(H2,17,18). The number of rotatable bonds is 3. The van der Waals surface area contributed by atoms with Crippen LogP contribution in [0.2, 0.25) is 0 Å². The molecule has 1 aliphatic carbocycles. The van der Waals surface area contributed by atoms with Gasteiger partial charge in [-0.1, -0.05) is 26.7 Å². The minimum absolute atomic E-state index is 0.100. The van der Waals surface area contributed by atoms with Crippen molar-refractivity contribution in [3.63, 3.8) is 0 Å². The summed E-state index contributed by atoms with van der Waals surface area (Å²) in [7, 11) is 1.76. The average molecular weight is 291 g/mol. The fourth-order valence-corrected chi connectivity index (χ4v) is 2.89. The molecule has 5 nitrogen and oxygen atoms in total. The summed E-state index contributed by atoms with van der Waals surface area (Å²) in [6.45, 7) is 4.04. The minimum atomic E-state index is -0.434. The zero-order chi connectivity index (χ0) is 15.6. The maximum atomic E-state index is 12.6. The van der Waals surface area contributed by atoms with Gasteiger partial charge in [0.05, 0.1) is 12.1 Å². The predicted octanol–water partition coefficient (Wildman–Crippen LogP) is 2.16. The van der Waals surface area contributed by atoms with Crippen molar-refractivity contribution in [2.24, 2.45) is 0 Å². The Morgan fingerprint density at radius 1 is 1.38 bits per heavy atom. The smallest absolute Gasteiger partial charge is 0.254 e. The van der Waals surface area contributed by atoms with Crippen LogP contribution in [-0.2, 0) is 0 Å². The molecule has 0 radical (unpaired) electrons. The number of likely N-dealkylation sites (N-methyl/N-ethyl adjacent to an activating group) is 1. The van der Waals surface area contributed by atoms with Crippen molar-refractivity contribution in [1.82, 2.24) is 9.88 Å². The Morgan fingerprint density at radius 3 is 2.67 bits per heavy atom. The van der Waals surface area contributed by atoms with E-state index in [4.69, 9.17) is 5.73 Å². The number of anilines is 1. The molecule has 1 aromatic heterocycles. The summed E-state index contributed by atoms with van der Waals surface area (Å²) in [4.78, 5) is 18.6. The third kappa shape index (κ3) is 3.53. The van der Waals surface area contributed by atoms with E-state index in [9.17, 15) is 9.90 Å². The number of carbonyl (C=O) groups excluding carboxylic acids is 1. The molecule has 1 aromatic rings. The zero-order valence-corrected chi connectivity index (χ0v) is 13.0. The molecule has 0 spiro atoms. The molecular weight excluding hydrogens is 266 g/mol. The van der Waals surface area contributed by atoms with Crippen LogP contribution in [-0.4, -0.2) is 40.1 Å². The van der Waals surface area contributed by atoms with Gasteiger partial charge in [0.2, 0.25) is 0 Å². The Balaban J connectivity index is 2.22. The maximum absolute atomic E-state index is 12.6. The molecule has 2 unspecified atom stereocenters. The summed E-state index contributed by atoms with van der Waals surface area (Å²) in [6.07, 6.45) is 3.25. The molecular formula is C16H25N3O2. The molecule has 21 heavy (non-hydrogen) atoms. The van der Waals surface area contributed by atoms with Crippen molar-refractivity contribution in [3.05, 3.63) is 23.4 Å². The van der Waals surface area contributed by atoms with Gasteiger partial charge >= 0.3 is 0 Å². The number of pyridine rings is 1. The van der Waals surface area contributed by atoms with Gasteiger partial charge in [-0.25, -0.2) is 4.98 Å². The molecule has 1 amide bonds. The highest BCUT2D eigenvalue weighted by Gasteiger charge is 2.30. The molecule has 1 heterocycles. The SMILES string of the molecule is CC(C)c1cc(C(=O)N(C)C2CCCCC2O)cc(N)n1. The third-order valence-electron chi connectivity index (χ3n) is 4.22. The van der Waals surface area contributed by atoms with Gasteiger partial charge in [0.15, 0.2) is 0 Å². The second kappa shape index (κ2) is 6.43. The first kappa shape index (κ1) is 15.8. The number of amides is 1. The second-order valence-electron chi connectivity index (χ2n) is 6.20. The van der Waals surface area contributed by atoms with Gasteiger partial charge in [0.1, 0.15) is 5.82 Å². The number of hydrogen-bond donors (Lipinski definition) is 2. The Labute approximate surface area is 126 Å². The summed E-state index contributed by atoms with van der Waals surface area (Å²) >= 11 is 0. The second-order valence-corrected chi connectivity index (χ2v) is 6.20. The molecule has 2 rings (SSSR count). The van der Waals surface area contributed by atoms with Gasteiger partial charge in [-0.15, -0.1) is 0 Å². The fraction of sp³-hybridized carbons (Fsp3) is 0.625. The van der Waals surface area contributed by atoms with Crippen molar-refractivity contribution in [2.75, 3.05) is 12.8 Å². The summed E-state index contributed by atoms with van der Waals surface area (Å²) < 4.78 is 0. The van der Waals surface area contributed by atoms with Crippen LogP contribution in [0, 0.1) is 0 Å². The maximum Gasteiger partial charge on any atom is 0.254 e. The van der Waals surface area contributed by atoms with E-state index in [1.807, 2.05) is 13.8 Å². The lowest BCUT2D eigenvalue weighted by Crippen LogP contribution is -2.46. The van der Waals surface area contributed by atoms with Crippen molar-refractivity contribution in [3.8, 4) is 0 Å². The van der Waals surface area contributed by atoms with Crippen LogP contribution in [0.1, 0.15) is 61.5 Å². The van der Waals surface area contributed by atoms with E-state index in [0.29, 0.717) is 11.4 Å². The highest BCUT2D eigenvalue weighted by Crippen LogP contribution is 2.24. The van der Waals surface area contributed by atoms with Crippen LogP contribution in [0.15, 0.2) is 12.1 Å². The van der Waals surface area contributed by atoms with Gasteiger partial charge in [-0.2, -0.15) is 0 Å². The van der Waals surface area contributed by atoms with E-state index in [-0.39, 0.29) is 17.9 Å². The molecule has 1 aliphatic rings. The first-order chi connectivity index (χ1) is 9.90. The molecule has 5 heteroatoms. The molecule has 1 fully saturated rings. The van der Waals surface area contributed by atoms with Crippen LogP contribution in [0.4, 0.5) is 5.82 Å². The molecule has 0 aliphatic heterocycles. The highest BCUT2D eigenvalue weighted by atomic mass is 16.3. The van der Waals surface area contributed by atoms with E-state index >= 15 is 0 Å². The number of nitrogen functional groups attached to an aromatic ring is 1. The van der Waals surface area contributed by atoms with Gasteiger partial charge in [0.25, 0.3) is 5.91 Å². The highest BCUT2D eigenvalue weighted by molar-refractivity contribution is 5.95. The monoisotopic (exact) mass is 291 g/mol. The first-order valence-corrected chi connectivity index (χ1v) is 7.63. The first-order valence-electron chi connectivity index (χ1n) is 7.63. The number of hydrogen-bond acceptors (Lipinski definition) is 4. The van der Waals surface area contributed by atoms with Crippen LogP contribution >= 0.6 is 0 Å². The third-order valence-corrected chi connectivity index (χ3v) is 4.22. The summed E-state index contributed by atoms with van der Waals surface area (Å²) in [6, 6.07) is 3.30. The number of carbonyl (C=O) groups is 1. The van der Waals surface area contributed by atoms with E-state index in [0.717, 1.165) is 31.4 Å².